The molecule has 2 rings (SSSR count). The number of rotatable bonds is 4. The summed E-state index contributed by atoms with van der Waals surface area (Å²) in [6.07, 6.45) is 0.181. The average molecular weight is 292 g/mol. The molecular formula is C16H24N2O3. The van der Waals surface area contributed by atoms with E-state index >= 15 is 0 Å². The summed E-state index contributed by atoms with van der Waals surface area (Å²) in [5.74, 6) is 0. The highest BCUT2D eigenvalue weighted by Gasteiger charge is 2.25. The van der Waals surface area contributed by atoms with Crippen LogP contribution in [-0.4, -0.2) is 43.3 Å². The van der Waals surface area contributed by atoms with Crippen molar-refractivity contribution in [2.24, 2.45) is 0 Å². The fourth-order valence-corrected chi connectivity index (χ4v) is 2.55. The molecule has 0 bridgehead atoms. The lowest BCUT2D eigenvalue weighted by Gasteiger charge is -2.35. The van der Waals surface area contributed by atoms with Crippen molar-refractivity contribution in [1.82, 2.24) is 10.2 Å². The zero-order valence-electron chi connectivity index (χ0n) is 13.0. The molecule has 1 aliphatic rings. The summed E-state index contributed by atoms with van der Waals surface area (Å²) in [6, 6.07) is 8.03. The van der Waals surface area contributed by atoms with Gasteiger partial charge in [-0.3, -0.25) is 0 Å². The number of carbonyl (C=O) groups is 1. The first-order chi connectivity index (χ1) is 10.1. The Morgan fingerprint density at radius 3 is 2.38 bits per heavy atom. The third-order valence-electron chi connectivity index (χ3n) is 3.48. The van der Waals surface area contributed by atoms with E-state index in [2.05, 4.69) is 5.32 Å². The molecule has 2 atom stereocenters. The minimum absolute atomic E-state index is 0.0297. The molecule has 1 aliphatic heterocycles. The van der Waals surface area contributed by atoms with Gasteiger partial charge in [-0.1, -0.05) is 24.3 Å². The SMILES string of the molecule is COCc1ccc(CNC(=O)N2C[C@@H](C)O[C@H](C)C2)cc1. The van der Waals surface area contributed by atoms with Crippen LogP contribution in [0, 0.1) is 0 Å². The van der Waals surface area contributed by atoms with Crippen LogP contribution in [0.15, 0.2) is 24.3 Å². The van der Waals surface area contributed by atoms with Crippen LogP contribution in [0.1, 0.15) is 25.0 Å². The highest BCUT2D eigenvalue weighted by Crippen LogP contribution is 2.11. The molecule has 0 radical (unpaired) electrons. The second-order valence-corrected chi connectivity index (χ2v) is 5.57. The molecule has 0 saturated carbocycles. The number of nitrogens with zero attached hydrogens (tertiary/aromatic N) is 1. The van der Waals surface area contributed by atoms with Gasteiger partial charge in [-0.25, -0.2) is 4.79 Å². The molecule has 1 N–H and O–H groups in total. The number of amides is 2. The summed E-state index contributed by atoms with van der Waals surface area (Å²) in [7, 11) is 1.68. The second kappa shape index (κ2) is 7.43. The van der Waals surface area contributed by atoms with E-state index in [0.717, 1.165) is 11.1 Å². The van der Waals surface area contributed by atoms with Crippen LogP contribution >= 0.6 is 0 Å². The summed E-state index contributed by atoms with van der Waals surface area (Å²) in [5.41, 5.74) is 2.21. The molecule has 0 spiro atoms. The number of nitrogens with one attached hydrogen (secondary N) is 1. The summed E-state index contributed by atoms with van der Waals surface area (Å²) in [4.78, 5) is 14.0. The summed E-state index contributed by atoms with van der Waals surface area (Å²) < 4.78 is 10.7. The van der Waals surface area contributed by atoms with Gasteiger partial charge in [0.2, 0.25) is 0 Å². The van der Waals surface area contributed by atoms with Crippen LogP contribution in [0.25, 0.3) is 0 Å². The van der Waals surface area contributed by atoms with Gasteiger partial charge in [0, 0.05) is 26.7 Å². The lowest BCUT2D eigenvalue weighted by Crippen LogP contribution is -2.51. The van der Waals surface area contributed by atoms with E-state index in [1.165, 1.54) is 0 Å². The Balaban J connectivity index is 1.83. The van der Waals surface area contributed by atoms with Crippen LogP contribution in [0.2, 0.25) is 0 Å². The molecule has 116 valence electrons. The predicted octanol–water partition coefficient (Wildman–Crippen LogP) is 2.15. The zero-order chi connectivity index (χ0) is 15.2. The van der Waals surface area contributed by atoms with Gasteiger partial charge in [-0.15, -0.1) is 0 Å². The number of carbonyl (C=O) groups excluding carboxylic acids is 1. The van der Waals surface area contributed by atoms with Crippen molar-refractivity contribution in [3.8, 4) is 0 Å². The molecule has 1 aromatic rings. The van der Waals surface area contributed by atoms with E-state index in [0.29, 0.717) is 26.2 Å². The smallest absolute Gasteiger partial charge is 0.317 e. The van der Waals surface area contributed by atoms with E-state index < -0.39 is 0 Å². The van der Waals surface area contributed by atoms with Gasteiger partial charge in [-0.05, 0) is 25.0 Å². The molecule has 0 aromatic heterocycles. The van der Waals surface area contributed by atoms with Crippen molar-refractivity contribution in [2.75, 3.05) is 20.2 Å². The van der Waals surface area contributed by atoms with E-state index in [1.54, 1.807) is 7.11 Å². The van der Waals surface area contributed by atoms with Gasteiger partial charge in [0.15, 0.2) is 0 Å². The lowest BCUT2D eigenvalue weighted by atomic mass is 10.1. The van der Waals surface area contributed by atoms with E-state index in [4.69, 9.17) is 9.47 Å². The van der Waals surface area contributed by atoms with Crippen molar-refractivity contribution >= 4 is 6.03 Å². The van der Waals surface area contributed by atoms with Crippen LogP contribution < -0.4 is 5.32 Å². The van der Waals surface area contributed by atoms with Gasteiger partial charge in [-0.2, -0.15) is 0 Å². The van der Waals surface area contributed by atoms with Crippen molar-refractivity contribution in [3.63, 3.8) is 0 Å². The van der Waals surface area contributed by atoms with E-state index in [9.17, 15) is 4.79 Å². The van der Waals surface area contributed by atoms with E-state index in [-0.39, 0.29) is 18.2 Å². The third-order valence-corrected chi connectivity index (χ3v) is 3.48. The molecular weight excluding hydrogens is 268 g/mol. The Bertz CT molecular complexity index is 451. The second-order valence-electron chi connectivity index (χ2n) is 5.57. The zero-order valence-corrected chi connectivity index (χ0v) is 13.0. The normalized spacial score (nSPS) is 22.1. The van der Waals surface area contributed by atoms with Crippen LogP contribution in [0.3, 0.4) is 0 Å². The number of urea groups is 1. The molecule has 1 fully saturated rings. The highest BCUT2D eigenvalue weighted by molar-refractivity contribution is 5.74. The standard InChI is InChI=1S/C16H24N2O3/c1-12-9-18(10-13(2)21-12)16(19)17-8-14-4-6-15(7-5-14)11-20-3/h4-7,12-13H,8-11H2,1-3H3,(H,17,19)/t12-,13-/m1/s1. The van der Waals surface area contributed by atoms with Crippen molar-refractivity contribution < 1.29 is 14.3 Å². The van der Waals surface area contributed by atoms with Crippen molar-refractivity contribution in [2.45, 2.75) is 39.2 Å². The topological polar surface area (TPSA) is 50.8 Å². The molecule has 0 aliphatic carbocycles. The average Bonchev–Trinajstić information content (AvgIpc) is 2.45. The minimum Gasteiger partial charge on any atom is -0.380 e. The van der Waals surface area contributed by atoms with Crippen LogP contribution in [-0.2, 0) is 22.6 Å². The van der Waals surface area contributed by atoms with E-state index in [1.807, 2.05) is 43.0 Å². The number of ether oxygens (including phenoxy) is 2. The number of hydrogen-bond acceptors (Lipinski definition) is 3. The quantitative estimate of drug-likeness (QED) is 0.925. The highest BCUT2D eigenvalue weighted by atomic mass is 16.5. The molecule has 0 unspecified atom stereocenters. The Hall–Kier alpha value is -1.59. The molecule has 1 aromatic carbocycles. The first kappa shape index (κ1) is 15.8. The summed E-state index contributed by atoms with van der Waals surface area (Å²) in [6.45, 7) is 6.41. The number of benzene rings is 1. The molecule has 1 heterocycles. The first-order valence-electron chi connectivity index (χ1n) is 7.33. The number of hydrogen-bond donors (Lipinski definition) is 1. The Morgan fingerprint density at radius 1 is 1.24 bits per heavy atom. The van der Waals surface area contributed by atoms with Gasteiger partial charge in [0.25, 0.3) is 0 Å². The maximum Gasteiger partial charge on any atom is 0.317 e. The molecule has 21 heavy (non-hydrogen) atoms. The Kier molecular flexibility index (Phi) is 5.59. The summed E-state index contributed by atoms with van der Waals surface area (Å²) in [5, 5.41) is 2.96. The van der Waals surface area contributed by atoms with Crippen molar-refractivity contribution in [3.05, 3.63) is 35.4 Å². The third kappa shape index (κ3) is 4.72. The molecule has 5 nitrogen and oxygen atoms in total. The monoisotopic (exact) mass is 292 g/mol. The molecule has 5 heteroatoms. The maximum absolute atomic E-state index is 12.2. The van der Waals surface area contributed by atoms with Gasteiger partial charge < -0.3 is 19.7 Å². The molecule has 2 amide bonds. The number of morpholine rings is 1. The lowest BCUT2D eigenvalue weighted by molar-refractivity contribution is -0.0545. The van der Waals surface area contributed by atoms with Crippen LogP contribution in [0.4, 0.5) is 4.79 Å². The first-order valence-corrected chi connectivity index (χ1v) is 7.33. The van der Waals surface area contributed by atoms with Gasteiger partial charge in [0.05, 0.1) is 18.8 Å². The number of methoxy groups -OCH3 is 1. The summed E-state index contributed by atoms with van der Waals surface area (Å²) >= 11 is 0. The van der Waals surface area contributed by atoms with Gasteiger partial charge >= 0.3 is 6.03 Å². The molecule has 1 saturated heterocycles. The maximum atomic E-state index is 12.2. The largest absolute Gasteiger partial charge is 0.380 e. The van der Waals surface area contributed by atoms with Crippen LogP contribution in [0.5, 0.6) is 0 Å². The predicted molar refractivity (Wildman–Crippen MR) is 81.0 cm³/mol. The van der Waals surface area contributed by atoms with Gasteiger partial charge in [0.1, 0.15) is 0 Å². The fourth-order valence-electron chi connectivity index (χ4n) is 2.55. The van der Waals surface area contributed by atoms with Crippen molar-refractivity contribution in [1.29, 1.82) is 0 Å². The Morgan fingerprint density at radius 2 is 1.81 bits per heavy atom. The minimum atomic E-state index is -0.0297. The Labute approximate surface area is 126 Å². The fraction of sp³-hybridized carbons (Fsp3) is 0.562.